The van der Waals surface area contributed by atoms with E-state index in [9.17, 15) is 0 Å². The summed E-state index contributed by atoms with van der Waals surface area (Å²) in [5.41, 5.74) is 9.30. The molecule has 0 radical (unpaired) electrons. The molecule has 94 valence electrons. The van der Waals surface area contributed by atoms with E-state index in [1.165, 1.54) is 10.5 Å². The number of hydrogen-bond donors (Lipinski definition) is 1. The van der Waals surface area contributed by atoms with Gasteiger partial charge in [0.05, 0.1) is 0 Å². The smallest absolute Gasteiger partial charge is 0.101 e. The van der Waals surface area contributed by atoms with Gasteiger partial charge in [0.15, 0.2) is 0 Å². The van der Waals surface area contributed by atoms with Gasteiger partial charge in [-0.15, -0.1) is 0 Å². The van der Waals surface area contributed by atoms with Gasteiger partial charge in [-0.05, 0) is 56.2 Å². The zero-order valence-corrected chi connectivity index (χ0v) is 11.8. The lowest BCUT2D eigenvalue weighted by molar-refractivity contribution is 0.817. The van der Waals surface area contributed by atoms with E-state index in [0.717, 1.165) is 16.3 Å². The van der Waals surface area contributed by atoms with Crippen LogP contribution in [0.3, 0.4) is 0 Å². The Balaban J connectivity index is 2.18. The maximum atomic E-state index is 5.84. The van der Waals surface area contributed by atoms with Crippen LogP contribution in [0.4, 0.5) is 0 Å². The van der Waals surface area contributed by atoms with Crippen molar-refractivity contribution in [3.63, 3.8) is 0 Å². The second-order valence-electron chi connectivity index (χ2n) is 4.58. The lowest BCUT2D eigenvalue weighted by atomic mass is 10.1. The molecule has 0 aliphatic carbocycles. The molecule has 1 aromatic carbocycles. The Bertz CT molecular complexity index is 512. The van der Waals surface area contributed by atoms with Gasteiger partial charge >= 0.3 is 0 Å². The molecule has 2 nitrogen and oxygen atoms in total. The molecule has 2 N–H and O–H groups in total. The Morgan fingerprint density at radius 3 is 2.33 bits per heavy atom. The number of nitrogens with zero attached hydrogens (tertiary/aromatic N) is 1. The molecule has 1 atom stereocenters. The standard InChI is InChI=1S/C15H18N2S/c1-10-8-11(2)17-15(9-10)18-14-6-4-13(5-7-14)12(3)16/h4-9,12H,16H2,1-3H3/t12-/m0/s1. The molecule has 2 aromatic rings. The molecule has 0 bridgehead atoms. The number of pyridine rings is 1. The first-order valence-corrected chi connectivity index (χ1v) is 6.85. The van der Waals surface area contributed by atoms with Crippen molar-refractivity contribution in [2.24, 2.45) is 5.73 Å². The summed E-state index contributed by atoms with van der Waals surface area (Å²) in [6, 6.07) is 12.6. The molecule has 0 spiro atoms. The lowest BCUT2D eigenvalue weighted by Crippen LogP contribution is -2.04. The van der Waals surface area contributed by atoms with Crippen molar-refractivity contribution < 1.29 is 0 Å². The Labute approximate surface area is 113 Å². The third-order valence-electron chi connectivity index (χ3n) is 2.70. The molecule has 0 saturated carbocycles. The highest BCUT2D eigenvalue weighted by Gasteiger charge is 2.03. The van der Waals surface area contributed by atoms with Crippen molar-refractivity contribution in [3.05, 3.63) is 53.2 Å². The van der Waals surface area contributed by atoms with Gasteiger partial charge < -0.3 is 5.73 Å². The number of benzene rings is 1. The van der Waals surface area contributed by atoms with E-state index >= 15 is 0 Å². The van der Waals surface area contributed by atoms with Crippen LogP contribution >= 0.6 is 11.8 Å². The second kappa shape index (κ2) is 5.55. The van der Waals surface area contributed by atoms with Crippen molar-refractivity contribution in [3.8, 4) is 0 Å². The minimum Gasteiger partial charge on any atom is -0.324 e. The summed E-state index contributed by atoms with van der Waals surface area (Å²) < 4.78 is 0. The maximum Gasteiger partial charge on any atom is 0.101 e. The zero-order chi connectivity index (χ0) is 13.1. The topological polar surface area (TPSA) is 38.9 Å². The first-order chi connectivity index (χ1) is 8.54. The average Bonchev–Trinajstić information content (AvgIpc) is 2.28. The Hall–Kier alpha value is -1.32. The van der Waals surface area contributed by atoms with Crippen LogP contribution in [0.2, 0.25) is 0 Å². The first-order valence-electron chi connectivity index (χ1n) is 6.03. The van der Waals surface area contributed by atoms with Gasteiger partial charge in [0.25, 0.3) is 0 Å². The summed E-state index contributed by atoms with van der Waals surface area (Å²) in [5, 5.41) is 1.04. The summed E-state index contributed by atoms with van der Waals surface area (Å²) in [4.78, 5) is 5.72. The molecule has 2 rings (SSSR count). The fourth-order valence-electron chi connectivity index (χ4n) is 1.82. The molecule has 1 aromatic heterocycles. The summed E-state index contributed by atoms with van der Waals surface area (Å²) >= 11 is 1.68. The van der Waals surface area contributed by atoms with Crippen LogP contribution in [0.5, 0.6) is 0 Å². The van der Waals surface area contributed by atoms with Gasteiger partial charge in [-0.25, -0.2) is 4.98 Å². The number of nitrogens with two attached hydrogens (primary N) is 1. The quantitative estimate of drug-likeness (QED) is 0.908. The van der Waals surface area contributed by atoms with Crippen LogP contribution in [0.15, 0.2) is 46.3 Å². The van der Waals surface area contributed by atoms with Gasteiger partial charge in [-0.1, -0.05) is 23.9 Å². The van der Waals surface area contributed by atoms with E-state index < -0.39 is 0 Å². The maximum absolute atomic E-state index is 5.84. The minimum atomic E-state index is 0.0865. The highest BCUT2D eigenvalue weighted by Crippen LogP contribution is 2.27. The van der Waals surface area contributed by atoms with E-state index in [2.05, 4.69) is 48.3 Å². The van der Waals surface area contributed by atoms with Crippen LogP contribution in [-0.2, 0) is 0 Å². The molecule has 0 unspecified atom stereocenters. The van der Waals surface area contributed by atoms with Crippen LogP contribution in [0.1, 0.15) is 29.8 Å². The van der Waals surface area contributed by atoms with Crippen LogP contribution < -0.4 is 5.73 Å². The van der Waals surface area contributed by atoms with E-state index in [-0.39, 0.29) is 6.04 Å². The fraction of sp³-hybridized carbons (Fsp3) is 0.267. The number of hydrogen-bond acceptors (Lipinski definition) is 3. The summed E-state index contributed by atoms with van der Waals surface area (Å²) in [7, 11) is 0. The predicted molar refractivity (Wildman–Crippen MR) is 76.9 cm³/mol. The molecule has 0 fully saturated rings. The van der Waals surface area contributed by atoms with Gasteiger partial charge in [0.2, 0.25) is 0 Å². The first kappa shape index (κ1) is 13.1. The summed E-state index contributed by atoms with van der Waals surface area (Å²) in [5.74, 6) is 0. The largest absolute Gasteiger partial charge is 0.324 e. The van der Waals surface area contributed by atoms with Crippen molar-refractivity contribution >= 4 is 11.8 Å². The third kappa shape index (κ3) is 3.34. The number of aromatic nitrogens is 1. The van der Waals surface area contributed by atoms with Crippen LogP contribution in [0, 0.1) is 13.8 Å². The highest BCUT2D eigenvalue weighted by atomic mass is 32.2. The Kier molecular flexibility index (Phi) is 4.04. The SMILES string of the molecule is Cc1cc(C)nc(Sc2ccc([C@H](C)N)cc2)c1. The zero-order valence-electron chi connectivity index (χ0n) is 11.0. The van der Waals surface area contributed by atoms with Crippen molar-refractivity contribution in [1.82, 2.24) is 4.98 Å². The van der Waals surface area contributed by atoms with Crippen LogP contribution in [-0.4, -0.2) is 4.98 Å². The van der Waals surface area contributed by atoms with E-state index in [1.807, 2.05) is 13.8 Å². The molecule has 1 heterocycles. The van der Waals surface area contributed by atoms with Crippen LogP contribution in [0.25, 0.3) is 0 Å². The molecule has 0 aliphatic heterocycles. The number of rotatable bonds is 3. The van der Waals surface area contributed by atoms with E-state index in [0.29, 0.717) is 0 Å². The molecular formula is C15H18N2S. The van der Waals surface area contributed by atoms with Gasteiger partial charge in [-0.2, -0.15) is 0 Å². The van der Waals surface area contributed by atoms with Crippen molar-refractivity contribution in [1.29, 1.82) is 0 Å². The third-order valence-corrected chi connectivity index (χ3v) is 3.63. The molecule has 18 heavy (non-hydrogen) atoms. The van der Waals surface area contributed by atoms with Gasteiger partial charge in [0.1, 0.15) is 5.03 Å². The van der Waals surface area contributed by atoms with Gasteiger partial charge in [-0.3, -0.25) is 0 Å². The lowest BCUT2D eigenvalue weighted by Gasteiger charge is -2.07. The fourth-order valence-corrected chi connectivity index (χ4v) is 2.76. The number of aryl methyl sites for hydroxylation is 2. The Morgan fingerprint density at radius 2 is 1.78 bits per heavy atom. The molecule has 3 heteroatoms. The molecular weight excluding hydrogens is 240 g/mol. The second-order valence-corrected chi connectivity index (χ2v) is 5.68. The normalized spacial score (nSPS) is 12.4. The van der Waals surface area contributed by atoms with E-state index in [1.54, 1.807) is 11.8 Å². The molecule has 0 aliphatic rings. The average molecular weight is 258 g/mol. The Morgan fingerprint density at radius 1 is 1.11 bits per heavy atom. The summed E-state index contributed by atoms with van der Waals surface area (Å²) in [6.45, 7) is 6.11. The molecule has 0 saturated heterocycles. The minimum absolute atomic E-state index is 0.0865. The molecule has 0 amide bonds. The summed E-state index contributed by atoms with van der Waals surface area (Å²) in [6.07, 6.45) is 0. The van der Waals surface area contributed by atoms with Crippen molar-refractivity contribution in [2.75, 3.05) is 0 Å². The van der Waals surface area contributed by atoms with Crippen molar-refractivity contribution in [2.45, 2.75) is 36.7 Å². The highest BCUT2D eigenvalue weighted by molar-refractivity contribution is 7.99. The predicted octanol–water partition coefficient (Wildman–Crippen LogP) is 3.87. The monoisotopic (exact) mass is 258 g/mol. The van der Waals surface area contributed by atoms with Gasteiger partial charge in [0, 0.05) is 16.6 Å². The van der Waals surface area contributed by atoms with E-state index in [4.69, 9.17) is 5.73 Å².